The van der Waals surface area contributed by atoms with Gasteiger partial charge in [-0.1, -0.05) is 0 Å². The van der Waals surface area contributed by atoms with E-state index in [1.54, 1.807) is 56.7 Å². The predicted molar refractivity (Wildman–Crippen MR) is 126 cm³/mol. The molecule has 1 amide bonds. The van der Waals surface area contributed by atoms with Crippen LogP contribution in [0.25, 0.3) is 0 Å². The normalized spacial score (nSPS) is 10.9. The van der Waals surface area contributed by atoms with Gasteiger partial charge in [0.05, 0.1) is 25.7 Å². The lowest BCUT2D eigenvalue weighted by atomic mass is 10.1. The molecule has 0 aliphatic rings. The van der Waals surface area contributed by atoms with Crippen LogP contribution < -0.4 is 24.2 Å². The number of sulfonamides is 1. The van der Waals surface area contributed by atoms with Gasteiger partial charge in [-0.05, 0) is 67.6 Å². The van der Waals surface area contributed by atoms with Gasteiger partial charge in [0.25, 0.3) is 15.9 Å². The molecule has 174 valence electrons. The summed E-state index contributed by atoms with van der Waals surface area (Å²) in [5.74, 6) is 1.56. The molecule has 33 heavy (non-hydrogen) atoms. The van der Waals surface area contributed by atoms with Crippen molar-refractivity contribution in [3.05, 3.63) is 77.9 Å². The third-order valence-electron chi connectivity index (χ3n) is 4.78. The Morgan fingerprint density at radius 3 is 2.15 bits per heavy atom. The average Bonchev–Trinajstić information content (AvgIpc) is 2.83. The second-order valence-electron chi connectivity index (χ2n) is 6.95. The van der Waals surface area contributed by atoms with Gasteiger partial charge in [-0.25, -0.2) is 8.42 Å². The monoisotopic (exact) mass is 470 g/mol. The first-order valence-corrected chi connectivity index (χ1v) is 11.7. The first kappa shape index (κ1) is 23.9. The zero-order valence-electron chi connectivity index (χ0n) is 18.6. The van der Waals surface area contributed by atoms with E-state index in [0.717, 1.165) is 5.56 Å². The second-order valence-corrected chi connectivity index (χ2v) is 8.63. The molecule has 0 aliphatic heterocycles. The largest absolute Gasteiger partial charge is 0.497 e. The summed E-state index contributed by atoms with van der Waals surface area (Å²) >= 11 is 0. The van der Waals surface area contributed by atoms with Crippen LogP contribution in [-0.4, -0.2) is 35.2 Å². The molecule has 0 saturated carbocycles. The fraction of sp³-hybridized carbons (Fsp3) is 0.208. The van der Waals surface area contributed by atoms with E-state index in [0.29, 0.717) is 35.1 Å². The molecule has 0 bridgehead atoms. The van der Waals surface area contributed by atoms with E-state index < -0.39 is 10.0 Å². The fourth-order valence-corrected chi connectivity index (χ4v) is 4.12. The summed E-state index contributed by atoms with van der Waals surface area (Å²) in [4.78, 5) is 12.6. The Morgan fingerprint density at radius 2 is 1.55 bits per heavy atom. The summed E-state index contributed by atoms with van der Waals surface area (Å²) in [5, 5.41) is 2.80. The number of nitrogens with one attached hydrogen (secondary N) is 2. The number of carbonyl (C=O) groups excluding carboxylic acids is 1. The van der Waals surface area contributed by atoms with Crippen molar-refractivity contribution in [3.63, 3.8) is 0 Å². The molecule has 0 fully saturated rings. The number of hydrogen-bond acceptors (Lipinski definition) is 6. The van der Waals surface area contributed by atoms with Crippen LogP contribution in [0.15, 0.2) is 71.6 Å². The van der Waals surface area contributed by atoms with Gasteiger partial charge in [-0.3, -0.25) is 9.52 Å². The molecular weight excluding hydrogens is 444 g/mol. The van der Waals surface area contributed by atoms with Gasteiger partial charge in [0.2, 0.25) is 0 Å². The van der Waals surface area contributed by atoms with E-state index in [4.69, 9.17) is 14.2 Å². The van der Waals surface area contributed by atoms with Crippen molar-refractivity contribution in [2.24, 2.45) is 0 Å². The highest BCUT2D eigenvalue weighted by Gasteiger charge is 2.16. The Kier molecular flexibility index (Phi) is 7.78. The van der Waals surface area contributed by atoms with Crippen LogP contribution in [0.1, 0.15) is 22.8 Å². The maximum absolute atomic E-state index is 12.7. The minimum absolute atomic E-state index is 0.0461. The number of benzene rings is 3. The third-order valence-corrected chi connectivity index (χ3v) is 6.18. The summed E-state index contributed by atoms with van der Waals surface area (Å²) in [6.07, 6.45) is 0. The van der Waals surface area contributed by atoms with Gasteiger partial charge >= 0.3 is 0 Å². The topological polar surface area (TPSA) is 103 Å². The summed E-state index contributed by atoms with van der Waals surface area (Å²) in [7, 11) is -0.697. The molecule has 0 spiro atoms. The molecule has 3 aromatic rings. The van der Waals surface area contributed by atoms with Crippen LogP contribution in [-0.2, 0) is 16.6 Å². The van der Waals surface area contributed by atoms with Gasteiger partial charge in [0.1, 0.15) is 17.2 Å². The Balaban J connectivity index is 1.64. The van der Waals surface area contributed by atoms with Crippen molar-refractivity contribution in [1.82, 2.24) is 5.32 Å². The quantitative estimate of drug-likeness (QED) is 0.467. The molecule has 2 N–H and O–H groups in total. The molecule has 0 aromatic heterocycles. The highest BCUT2D eigenvalue weighted by molar-refractivity contribution is 7.92. The smallest absolute Gasteiger partial charge is 0.261 e. The number of methoxy groups -OCH3 is 2. The lowest BCUT2D eigenvalue weighted by Gasteiger charge is -2.12. The van der Waals surface area contributed by atoms with Gasteiger partial charge in [-0.2, -0.15) is 0 Å². The van der Waals surface area contributed by atoms with Crippen molar-refractivity contribution in [2.45, 2.75) is 18.4 Å². The van der Waals surface area contributed by atoms with Gasteiger partial charge in [-0.15, -0.1) is 0 Å². The van der Waals surface area contributed by atoms with Crippen molar-refractivity contribution in [3.8, 4) is 17.2 Å². The van der Waals surface area contributed by atoms with Crippen LogP contribution >= 0.6 is 0 Å². The second kappa shape index (κ2) is 10.7. The van der Waals surface area contributed by atoms with Crippen LogP contribution in [0.2, 0.25) is 0 Å². The lowest BCUT2D eigenvalue weighted by Crippen LogP contribution is -2.23. The zero-order valence-corrected chi connectivity index (χ0v) is 19.4. The van der Waals surface area contributed by atoms with E-state index in [1.165, 1.54) is 24.3 Å². The molecule has 0 aliphatic carbocycles. The number of rotatable bonds is 10. The number of hydrogen-bond donors (Lipinski definition) is 2. The van der Waals surface area contributed by atoms with E-state index in [2.05, 4.69) is 10.0 Å². The number of amides is 1. The summed E-state index contributed by atoms with van der Waals surface area (Å²) < 4.78 is 43.7. The number of anilines is 1. The minimum atomic E-state index is -3.80. The molecule has 3 aromatic carbocycles. The molecular formula is C24H26N2O6S. The first-order chi connectivity index (χ1) is 15.9. The van der Waals surface area contributed by atoms with Crippen LogP contribution in [0.4, 0.5) is 5.69 Å². The lowest BCUT2D eigenvalue weighted by molar-refractivity contribution is 0.0950. The van der Waals surface area contributed by atoms with Crippen LogP contribution in [0.3, 0.4) is 0 Å². The summed E-state index contributed by atoms with van der Waals surface area (Å²) in [5.41, 5.74) is 1.53. The molecule has 0 heterocycles. The molecule has 3 rings (SSSR count). The molecule has 9 heteroatoms. The fourth-order valence-electron chi connectivity index (χ4n) is 3.06. The Bertz CT molecular complexity index is 1190. The van der Waals surface area contributed by atoms with Gasteiger partial charge in [0, 0.05) is 29.4 Å². The maximum atomic E-state index is 12.7. The third kappa shape index (κ3) is 6.17. The molecule has 0 atom stereocenters. The van der Waals surface area contributed by atoms with E-state index in [9.17, 15) is 13.2 Å². The SMILES string of the molecule is CCOc1ccc(NS(=O)(=O)c2ccc(C(=O)NCc3ccc(OC)cc3OC)cc2)cc1. The van der Waals surface area contributed by atoms with Crippen molar-refractivity contribution in [1.29, 1.82) is 0 Å². The van der Waals surface area contributed by atoms with Gasteiger partial charge < -0.3 is 19.5 Å². The van der Waals surface area contributed by atoms with E-state index in [-0.39, 0.29) is 17.3 Å². The Hall–Kier alpha value is -3.72. The summed E-state index contributed by atoms with van der Waals surface area (Å²) in [6.45, 7) is 2.64. The van der Waals surface area contributed by atoms with Gasteiger partial charge in [0.15, 0.2) is 0 Å². The maximum Gasteiger partial charge on any atom is 0.261 e. The molecule has 0 saturated heterocycles. The average molecular weight is 471 g/mol. The standard InChI is InChI=1S/C24H26N2O6S/c1-4-32-20-11-8-19(9-12-20)26-33(28,29)22-13-6-17(7-14-22)24(27)25-16-18-5-10-21(30-2)15-23(18)31-3/h5-15,26H,4,16H2,1-3H3,(H,25,27). The number of ether oxygens (including phenoxy) is 3. The van der Waals surface area contributed by atoms with Crippen molar-refractivity contribution in [2.75, 3.05) is 25.5 Å². The molecule has 8 nitrogen and oxygen atoms in total. The number of carbonyl (C=O) groups is 1. The minimum Gasteiger partial charge on any atom is -0.497 e. The van der Waals surface area contributed by atoms with E-state index in [1.807, 2.05) is 6.92 Å². The van der Waals surface area contributed by atoms with Crippen LogP contribution in [0.5, 0.6) is 17.2 Å². The van der Waals surface area contributed by atoms with Crippen molar-refractivity contribution < 1.29 is 27.4 Å². The van der Waals surface area contributed by atoms with E-state index >= 15 is 0 Å². The highest BCUT2D eigenvalue weighted by Crippen LogP contribution is 2.24. The van der Waals surface area contributed by atoms with Crippen LogP contribution in [0, 0.1) is 0 Å². The Labute approximate surface area is 193 Å². The summed E-state index contributed by atoms with van der Waals surface area (Å²) in [6, 6.07) is 17.6. The highest BCUT2D eigenvalue weighted by atomic mass is 32.2. The zero-order chi connectivity index (χ0) is 23.8. The molecule has 0 unspecified atom stereocenters. The molecule has 0 radical (unpaired) electrons. The first-order valence-electron chi connectivity index (χ1n) is 10.2. The predicted octanol–water partition coefficient (Wildman–Crippen LogP) is 3.83. The Morgan fingerprint density at radius 1 is 0.879 bits per heavy atom. The van der Waals surface area contributed by atoms with Crippen molar-refractivity contribution >= 4 is 21.6 Å².